The highest BCUT2D eigenvalue weighted by Gasteiger charge is 2.24. The lowest BCUT2D eigenvalue weighted by Crippen LogP contribution is -2.15. The normalized spacial score (nSPS) is 10.2. The molecule has 0 saturated carbocycles. The fraction of sp³-hybridized carbons (Fsp3) is 0. The molecule has 2 aromatic carbocycles. The number of rotatable bonds is 3. The lowest BCUT2D eigenvalue weighted by Gasteiger charge is -2.08. The van der Waals surface area contributed by atoms with Crippen LogP contribution in [0, 0.1) is 15.9 Å². The molecule has 1 amide bonds. The first-order valence-corrected chi connectivity index (χ1v) is 6.35. The van der Waals surface area contributed by atoms with Gasteiger partial charge in [-0.05, 0) is 24.3 Å². The smallest absolute Gasteiger partial charge is 0.300 e. The molecule has 108 valence electrons. The molecule has 1 N–H and O–H groups in total. The number of hydrogen-bond acceptors (Lipinski definition) is 3. The molecule has 0 aliphatic rings. The van der Waals surface area contributed by atoms with Crippen molar-refractivity contribution in [3.63, 3.8) is 0 Å². The highest BCUT2D eigenvalue weighted by atomic mass is 35.5. The summed E-state index contributed by atoms with van der Waals surface area (Å²) in [6, 6.07) is 7.94. The summed E-state index contributed by atoms with van der Waals surface area (Å²) in [4.78, 5) is 22.3. The Bertz CT molecular complexity index is 737. The van der Waals surface area contributed by atoms with Crippen LogP contribution >= 0.6 is 23.2 Å². The number of nitrogens with one attached hydrogen (secondary N) is 1. The van der Waals surface area contributed by atoms with E-state index in [1.54, 1.807) is 0 Å². The zero-order chi connectivity index (χ0) is 15.6. The topological polar surface area (TPSA) is 72.2 Å². The van der Waals surface area contributed by atoms with Crippen LogP contribution in [0.5, 0.6) is 0 Å². The maximum absolute atomic E-state index is 13.7. The predicted molar refractivity (Wildman–Crippen MR) is 77.5 cm³/mol. The Morgan fingerprint density at radius 1 is 1.14 bits per heavy atom. The highest BCUT2D eigenvalue weighted by Crippen LogP contribution is 2.29. The van der Waals surface area contributed by atoms with Crippen molar-refractivity contribution in [2.75, 3.05) is 5.32 Å². The van der Waals surface area contributed by atoms with Gasteiger partial charge >= 0.3 is 5.69 Å². The lowest BCUT2D eigenvalue weighted by molar-refractivity contribution is -0.385. The van der Waals surface area contributed by atoms with Crippen LogP contribution in [0.2, 0.25) is 10.0 Å². The second kappa shape index (κ2) is 6.07. The summed E-state index contributed by atoms with van der Waals surface area (Å²) in [6.07, 6.45) is 0. The van der Waals surface area contributed by atoms with E-state index < -0.39 is 22.3 Å². The average molecular weight is 329 g/mol. The molecule has 0 aromatic heterocycles. The number of benzene rings is 2. The molecule has 0 atom stereocenters. The molecular formula is C13H7Cl2FN2O3. The van der Waals surface area contributed by atoms with Crippen LogP contribution in [0.15, 0.2) is 36.4 Å². The van der Waals surface area contributed by atoms with E-state index >= 15 is 0 Å². The molecule has 5 nitrogen and oxygen atoms in total. The van der Waals surface area contributed by atoms with E-state index in [-0.39, 0.29) is 21.3 Å². The van der Waals surface area contributed by atoms with Crippen LogP contribution in [0.25, 0.3) is 0 Å². The number of carbonyl (C=O) groups excluding carboxylic acids is 1. The zero-order valence-electron chi connectivity index (χ0n) is 10.3. The van der Waals surface area contributed by atoms with E-state index in [9.17, 15) is 19.3 Å². The van der Waals surface area contributed by atoms with E-state index in [4.69, 9.17) is 23.2 Å². The molecule has 2 rings (SSSR count). The van der Waals surface area contributed by atoms with Gasteiger partial charge in [0.05, 0.1) is 15.6 Å². The van der Waals surface area contributed by atoms with Crippen molar-refractivity contribution < 1.29 is 14.1 Å². The summed E-state index contributed by atoms with van der Waals surface area (Å²) >= 11 is 11.3. The van der Waals surface area contributed by atoms with Crippen LogP contribution in [-0.2, 0) is 0 Å². The summed E-state index contributed by atoms with van der Waals surface area (Å²) in [5.41, 5.74) is -0.993. The molecule has 0 unspecified atom stereocenters. The minimum absolute atomic E-state index is 0.173. The van der Waals surface area contributed by atoms with Crippen LogP contribution in [0.1, 0.15) is 10.4 Å². The molecule has 2 aromatic rings. The quantitative estimate of drug-likeness (QED) is 0.674. The first-order chi connectivity index (χ1) is 9.91. The largest absolute Gasteiger partial charge is 0.319 e. The molecule has 8 heteroatoms. The summed E-state index contributed by atoms with van der Waals surface area (Å²) in [5.74, 6) is -1.68. The number of anilines is 1. The Morgan fingerprint density at radius 2 is 1.76 bits per heavy atom. The molecule has 0 bridgehead atoms. The molecule has 0 radical (unpaired) electrons. The van der Waals surface area contributed by atoms with Gasteiger partial charge in [-0.1, -0.05) is 35.3 Å². The average Bonchev–Trinajstić information content (AvgIpc) is 2.43. The number of nitro groups is 1. The van der Waals surface area contributed by atoms with Gasteiger partial charge in [0.2, 0.25) is 0 Å². The summed E-state index contributed by atoms with van der Waals surface area (Å²) < 4.78 is 13.7. The van der Waals surface area contributed by atoms with Crippen molar-refractivity contribution >= 4 is 40.5 Å². The Labute approximate surface area is 128 Å². The minimum Gasteiger partial charge on any atom is -0.319 e. The molecule has 0 fully saturated rings. The third-order valence-electron chi connectivity index (χ3n) is 2.61. The van der Waals surface area contributed by atoms with Gasteiger partial charge in [0.25, 0.3) is 5.91 Å². The van der Waals surface area contributed by atoms with Gasteiger partial charge in [-0.3, -0.25) is 14.9 Å². The number of carbonyl (C=O) groups is 1. The monoisotopic (exact) mass is 328 g/mol. The van der Waals surface area contributed by atoms with Crippen LogP contribution < -0.4 is 5.32 Å². The van der Waals surface area contributed by atoms with Gasteiger partial charge < -0.3 is 5.32 Å². The third-order valence-corrected chi connectivity index (χ3v) is 3.21. The van der Waals surface area contributed by atoms with E-state index in [0.29, 0.717) is 0 Å². The third kappa shape index (κ3) is 3.12. The molecule has 0 aliphatic carbocycles. The summed E-state index contributed by atoms with van der Waals surface area (Å²) in [5, 5.41) is 12.8. The van der Waals surface area contributed by atoms with Crippen LogP contribution in [-0.4, -0.2) is 10.8 Å². The Morgan fingerprint density at radius 3 is 2.43 bits per heavy atom. The summed E-state index contributed by atoms with van der Waals surface area (Å²) in [6.45, 7) is 0. The van der Waals surface area contributed by atoms with Gasteiger partial charge in [0, 0.05) is 0 Å². The first-order valence-electron chi connectivity index (χ1n) is 5.60. The first kappa shape index (κ1) is 15.2. The number of halogens is 3. The van der Waals surface area contributed by atoms with Gasteiger partial charge in [0.15, 0.2) is 5.82 Å². The van der Waals surface area contributed by atoms with Gasteiger partial charge in [0.1, 0.15) is 10.6 Å². The van der Waals surface area contributed by atoms with Crippen LogP contribution in [0.4, 0.5) is 15.8 Å². The van der Waals surface area contributed by atoms with Crippen LogP contribution in [0.3, 0.4) is 0 Å². The highest BCUT2D eigenvalue weighted by molar-refractivity contribution is 6.33. The van der Waals surface area contributed by atoms with Crippen molar-refractivity contribution in [1.82, 2.24) is 0 Å². The van der Waals surface area contributed by atoms with Gasteiger partial charge in [-0.25, -0.2) is 4.39 Å². The molecule has 21 heavy (non-hydrogen) atoms. The van der Waals surface area contributed by atoms with Crippen molar-refractivity contribution in [3.8, 4) is 0 Å². The standard InChI is InChI=1S/C13H7Cl2FN2O3/c14-8-4-2-6-10(11(8)16)17-13(19)7-3-1-5-9(15)12(7)18(20)21/h1-6H,(H,17,19). The van der Waals surface area contributed by atoms with E-state index in [1.165, 1.54) is 36.4 Å². The molecule has 0 aliphatic heterocycles. The number of para-hydroxylation sites is 1. The van der Waals surface area contributed by atoms with Crippen molar-refractivity contribution in [3.05, 3.63) is 67.9 Å². The maximum atomic E-state index is 13.7. The number of hydrogen-bond donors (Lipinski definition) is 1. The number of nitrogens with zero attached hydrogens (tertiary/aromatic N) is 1. The van der Waals surface area contributed by atoms with E-state index in [0.717, 1.165) is 0 Å². The second-order valence-corrected chi connectivity index (χ2v) is 4.76. The fourth-order valence-electron chi connectivity index (χ4n) is 1.67. The zero-order valence-corrected chi connectivity index (χ0v) is 11.8. The number of nitro benzene ring substituents is 1. The Kier molecular flexibility index (Phi) is 4.40. The number of amides is 1. The van der Waals surface area contributed by atoms with Gasteiger partial charge in [-0.15, -0.1) is 0 Å². The van der Waals surface area contributed by atoms with Crippen molar-refractivity contribution in [1.29, 1.82) is 0 Å². The molecule has 0 spiro atoms. The van der Waals surface area contributed by atoms with Crippen molar-refractivity contribution in [2.24, 2.45) is 0 Å². The van der Waals surface area contributed by atoms with Crippen molar-refractivity contribution in [2.45, 2.75) is 0 Å². The maximum Gasteiger partial charge on any atom is 0.300 e. The van der Waals surface area contributed by atoms with Gasteiger partial charge in [-0.2, -0.15) is 0 Å². The Hall–Kier alpha value is -2.18. The second-order valence-electron chi connectivity index (χ2n) is 3.95. The van der Waals surface area contributed by atoms with E-state index in [1.807, 2.05) is 0 Å². The van der Waals surface area contributed by atoms with E-state index in [2.05, 4.69) is 5.32 Å². The Balaban J connectivity index is 2.40. The molecule has 0 heterocycles. The SMILES string of the molecule is O=C(Nc1cccc(Cl)c1F)c1cccc(Cl)c1[N+](=O)[O-]. The lowest BCUT2D eigenvalue weighted by atomic mass is 10.1. The fourth-order valence-corrected chi connectivity index (χ4v) is 2.09. The molecule has 0 saturated heterocycles. The minimum atomic E-state index is -0.856. The predicted octanol–water partition coefficient (Wildman–Crippen LogP) is 4.29. The molecular weight excluding hydrogens is 322 g/mol. The summed E-state index contributed by atoms with van der Waals surface area (Å²) in [7, 11) is 0.